The van der Waals surface area contributed by atoms with Crippen molar-refractivity contribution in [1.82, 2.24) is 4.98 Å². The van der Waals surface area contributed by atoms with Crippen LogP contribution < -0.4 is 4.74 Å². The van der Waals surface area contributed by atoms with E-state index in [4.69, 9.17) is 9.47 Å². The van der Waals surface area contributed by atoms with Gasteiger partial charge in [0.2, 0.25) is 0 Å². The van der Waals surface area contributed by atoms with Crippen molar-refractivity contribution >= 4 is 0 Å². The van der Waals surface area contributed by atoms with E-state index in [1.807, 2.05) is 13.8 Å². The lowest BCUT2D eigenvalue weighted by atomic mass is 10.1. The Bertz CT molecular complexity index is 301. The van der Waals surface area contributed by atoms with Gasteiger partial charge in [0.1, 0.15) is 17.7 Å². The normalized spacial score (nSPS) is 16.2. The third kappa shape index (κ3) is 4.14. The molecule has 4 heteroatoms. The van der Waals surface area contributed by atoms with Crippen molar-refractivity contribution in [3.63, 3.8) is 0 Å². The molecule has 16 heavy (non-hydrogen) atoms. The molecule has 0 radical (unpaired) electrons. The summed E-state index contributed by atoms with van der Waals surface area (Å²) in [6, 6.07) is 1.35. The van der Waals surface area contributed by atoms with Gasteiger partial charge in [-0.1, -0.05) is 13.8 Å². The second kappa shape index (κ2) is 7.17. The highest BCUT2D eigenvalue weighted by atomic mass is 19.1. The van der Waals surface area contributed by atoms with Crippen LogP contribution in [0.3, 0.4) is 0 Å². The summed E-state index contributed by atoms with van der Waals surface area (Å²) in [4.78, 5) is 3.72. The van der Waals surface area contributed by atoms with Crippen LogP contribution in [0.1, 0.15) is 26.7 Å². The molecule has 90 valence electrons. The lowest BCUT2D eigenvalue weighted by Gasteiger charge is -2.22. The summed E-state index contributed by atoms with van der Waals surface area (Å²) in [7, 11) is 0. The van der Waals surface area contributed by atoms with E-state index in [1.165, 1.54) is 12.3 Å². The molecule has 2 heterocycles. The number of rotatable bonds is 2. The molecule has 1 aromatic rings. The van der Waals surface area contributed by atoms with E-state index < -0.39 is 0 Å². The van der Waals surface area contributed by atoms with Crippen LogP contribution in [0.2, 0.25) is 0 Å². The van der Waals surface area contributed by atoms with E-state index in [9.17, 15) is 4.39 Å². The van der Waals surface area contributed by atoms with Crippen LogP contribution in [0.15, 0.2) is 18.5 Å². The molecule has 3 nitrogen and oxygen atoms in total. The Labute approximate surface area is 95.6 Å². The second-order valence-electron chi connectivity index (χ2n) is 3.27. The van der Waals surface area contributed by atoms with Crippen LogP contribution in [0.4, 0.5) is 4.39 Å². The predicted molar refractivity (Wildman–Crippen MR) is 60.0 cm³/mol. The largest absolute Gasteiger partial charge is 0.489 e. The molecule has 0 unspecified atom stereocenters. The maximum Gasteiger partial charge on any atom is 0.145 e. The fourth-order valence-corrected chi connectivity index (χ4v) is 1.44. The molecule has 0 atom stereocenters. The van der Waals surface area contributed by atoms with E-state index in [-0.39, 0.29) is 11.9 Å². The number of nitrogens with zero attached hydrogens (tertiary/aromatic N) is 1. The van der Waals surface area contributed by atoms with Crippen molar-refractivity contribution in [3.05, 3.63) is 24.3 Å². The van der Waals surface area contributed by atoms with Gasteiger partial charge in [-0.05, 0) is 0 Å². The van der Waals surface area contributed by atoms with E-state index in [1.54, 1.807) is 0 Å². The Morgan fingerprint density at radius 1 is 1.31 bits per heavy atom. The number of ether oxygens (including phenoxy) is 2. The Morgan fingerprint density at radius 2 is 2.00 bits per heavy atom. The van der Waals surface area contributed by atoms with Crippen molar-refractivity contribution in [2.24, 2.45) is 0 Å². The minimum Gasteiger partial charge on any atom is -0.489 e. The molecule has 0 N–H and O–H groups in total. The van der Waals surface area contributed by atoms with Gasteiger partial charge in [0.05, 0.1) is 25.6 Å². The van der Waals surface area contributed by atoms with Gasteiger partial charge < -0.3 is 9.47 Å². The van der Waals surface area contributed by atoms with Gasteiger partial charge in [-0.25, -0.2) is 4.39 Å². The molecule has 2 rings (SSSR count). The zero-order valence-corrected chi connectivity index (χ0v) is 9.78. The standard InChI is InChI=1S/C10H12FNO2.C2H6/c11-8-5-10(7-12-6-8)14-9-1-3-13-4-2-9;1-2/h5-7,9H,1-4H2;1-2H3. The molecular formula is C12H18FNO2. The van der Waals surface area contributed by atoms with Crippen molar-refractivity contribution in [2.75, 3.05) is 13.2 Å². The summed E-state index contributed by atoms with van der Waals surface area (Å²) in [5, 5.41) is 0. The molecule has 1 aliphatic rings. The highest BCUT2D eigenvalue weighted by Gasteiger charge is 2.15. The average Bonchev–Trinajstić information content (AvgIpc) is 2.33. The zero-order chi connectivity index (χ0) is 11.8. The van der Waals surface area contributed by atoms with Crippen molar-refractivity contribution in [2.45, 2.75) is 32.8 Å². The summed E-state index contributed by atoms with van der Waals surface area (Å²) in [5.41, 5.74) is 0. The van der Waals surface area contributed by atoms with Gasteiger partial charge in [-0.3, -0.25) is 4.98 Å². The zero-order valence-electron chi connectivity index (χ0n) is 9.78. The summed E-state index contributed by atoms with van der Waals surface area (Å²) in [5.74, 6) is 0.131. The van der Waals surface area contributed by atoms with Gasteiger partial charge in [-0.15, -0.1) is 0 Å². The molecule has 0 bridgehead atoms. The average molecular weight is 227 g/mol. The molecule has 0 amide bonds. The molecule has 0 spiro atoms. The van der Waals surface area contributed by atoms with Crippen molar-refractivity contribution in [3.8, 4) is 5.75 Å². The number of pyridine rings is 1. The first-order valence-corrected chi connectivity index (χ1v) is 5.69. The summed E-state index contributed by atoms with van der Waals surface area (Å²) in [6.07, 6.45) is 4.54. The van der Waals surface area contributed by atoms with Crippen LogP contribution >= 0.6 is 0 Å². The Hall–Kier alpha value is -1.16. The van der Waals surface area contributed by atoms with Crippen LogP contribution in [-0.2, 0) is 4.74 Å². The molecular weight excluding hydrogens is 209 g/mol. The third-order valence-corrected chi connectivity index (χ3v) is 2.15. The van der Waals surface area contributed by atoms with Crippen LogP contribution in [-0.4, -0.2) is 24.3 Å². The molecule has 1 aromatic heterocycles. The molecule has 1 aliphatic heterocycles. The topological polar surface area (TPSA) is 31.4 Å². The van der Waals surface area contributed by atoms with Gasteiger partial charge in [-0.2, -0.15) is 0 Å². The minimum atomic E-state index is -0.366. The fourth-order valence-electron chi connectivity index (χ4n) is 1.44. The van der Waals surface area contributed by atoms with Crippen molar-refractivity contribution in [1.29, 1.82) is 0 Å². The maximum atomic E-state index is 12.8. The van der Waals surface area contributed by atoms with Crippen LogP contribution in [0.25, 0.3) is 0 Å². The van der Waals surface area contributed by atoms with Gasteiger partial charge in [0.15, 0.2) is 0 Å². The first-order valence-electron chi connectivity index (χ1n) is 5.69. The van der Waals surface area contributed by atoms with E-state index in [0.29, 0.717) is 19.0 Å². The first kappa shape index (κ1) is 12.9. The minimum absolute atomic E-state index is 0.132. The maximum absolute atomic E-state index is 12.8. The highest BCUT2D eigenvalue weighted by molar-refractivity contribution is 5.17. The van der Waals surface area contributed by atoms with Crippen LogP contribution in [0, 0.1) is 5.82 Å². The monoisotopic (exact) mass is 227 g/mol. The number of halogens is 1. The van der Waals surface area contributed by atoms with Gasteiger partial charge >= 0.3 is 0 Å². The lowest BCUT2D eigenvalue weighted by molar-refractivity contribution is 0.0253. The van der Waals surface area contributed by atoms with Gasteiger partial charge in [0, 0.05) is 18.9 Å². The molecule has 0 saturated carbocycles. The SMILES string of the molecule is CC.Fc1cncc(OC2CCOCC2)c1. The van der Waals surface area contributed by atoms with E-state index in [0.717, 1.165) is 19.0 Å². The summed E-state index contributed by atoms with van der Waals surface area (Å²) < 4.78 is 23.5. The lowest BCUT2D eigenvalue weighted by Crippen LogP contribution is -2.25. The fraction of sp³-hybridized carbons (Fsp3) is 0.583. The Balaban J connectivity index is 0.000000606. The van der Waals surface area contributed by atoms with Crippen LogP contribution in [0.5, 0.6) is 5.75 Å². The number of hydrogen-bond donors (Lipinski definition) is 0. The highest BCUT2D eigenvalue weighted by Crippen LogP contribution is 2.17. The number of hydrogen-bond acceptors (Lipinski definition) is 3. The molecule has 1 saturated heterocycles. The van der Waals surface area contributed by atoms with Crippen molar-refractivity contribution < 1.29 is 13.9 Å². The van der Waals surface area contributed by atoms with E-state index >= 15 is 0 Å². The molecule has 1 fully saturated rings. The first-order chi connectivity index (χ1) is 7.84. The Kier molecular flexibility index (Phi) is 5.78. The predicted octanol–water partition coefficient (Wildman–Crippen LogP) is 2.80. The second-order valence-corrected chi connectivity index (χ2v) is 3.27. The summed E-state index contributed by atoms with van der Waals surface area (Å²) in [6.45, 7) is 5.43. The summed E-state index contributed by atoms with van der Waals surface area (Å²) >= 11 is 0. The molecule has 0 aromatic carbocycles. The third-order valence-electron chi connectivity index (χ3n) is 2.15. The smallest absolute Gasteiger partial charge is 0.145 e. The quantitative estimate of drug-likeness (QED) is 0.778. The van der Waals surface area contributed by atoms with Gasteiger partial charge in [0.25, 0.3) is 0 Å². The van der Waals surface area contributed by atoms with E-state index in [2.05, 4.69) is 4.98 Å². The number of aromatic nitrogens is 1. The molecule has 0 aliphatic carbocycles. The Morgan fingerprint density at radius 3 is 2.62 bits per heavy atom.